The summed E-state index contributed by atoms with van der Waals surface area (Å²) in [6.07, 6.45) is -0.591. The summed E-state index contributed by atoms with van der Waals surface area (Å²) in [5.41, 5.74) is 0. The lowest BCUT2D eigenvalue weighted by Gasteiger charge is -2.15. The zero-order valence-corrected chi connectivity index (χ0v) is 10.7. The number of nitrogens with one attached hydrogen (secondary N) is 1. The van der Waals surface area contributed by atoms with Gasteiger partial charge in [-0.05, 0) is 19.1 Å². The second kappa shape index (κ2) is 7.14. The van der Waals surface area contributed by atoms with Gasteiger partial charge in [0.15, 0.2) is 6.10 Å². The topological polar surface area (TPSA) is 47.6 Å². The molecule has 0 aliphatic carbocycles. The zero-order chi connectivity index (χ0) is 12.7. The SMILES string of the molecule is COCCNC(=O)[C@H](C)Oc1ccccc1Cl. The molecule has 1 amide bonds. The van der Waals surface area contributed by atoms with E-state index in [1.54, 1.807) is 38.3 Å². The van der Waals surface area contributed by atoms with Crippen LogP contribution >= 0.6 is 11.6 Å². The molecule has 0 saturated carbocycles. The molecule has 94 valence electrons. The van der Waals surface area contributed by atoms with E-state index in [0.29, 0.717) is 23.9 Å². The number of halogens is 1. The molecule has 1 aromatic carbocycles. The highest BCUT2D eigenvalue weighted by molar-refractivity contribution is 6.32. The molecule has 1 N–H and O–H groups in total. The number of carbonyl (C=O) groups is 1. The number of ether oxygens (including phenoxy) is 2. The number of hydrogen-bond acceptors (Lipinski definition) is 3. The Labute approximate surface area is 106 Å². The van der Waals surface area contributed by atoms with Crippen LogP contribution < -0.4 is 10.1 Å². The Morgan fingerprint density at radius 3 is 2.82 bits per heavy atom. The van der Waals surface area contributed by atoms with Crippen molar-refractivity contribution in [3.05, 3.63) is 29.3 Å². The summed E-state index contributed by atoms with van der Waals surface area (Å²) in [5, 5.41) is 3.18. The number of para-hydroxylation sites is 1. The maximum atomic E-state index is 11.6. The van der Waals surface area contributed by atoms with Gasteiger partial charge in [-0.3, -0.25) is 4.79 Å². The maximum absolute atomic E-state index is 11.6. The normalized spacial score (nSPS) is 11.9. The van der Waals surface area contributed by atoms with E-state index in [4.69, 9.17) is 21.1 Å². The minimum absolute atomic E-state index is 0.193. The molecular weight excluding hydrogens is 242 g/mol. The molecule has 1 aromatic rings. The van der Waals surface area contributed by atoms with Crippen LogP contribution in [-0.4, -0.2) is 32.3 Å². The van der Waals surface area contributed by atoms with Crippen LogP contribution in [0.3, 0.4) is 0 Å². The van der Waals surface area contributed by atoms with Crippen LogP contribution in [0.1, 0.15) is 6.92 Å². The van der Waals surface area contributed by atoms with E-state index < -0.39 is 6.10 Å². The van der Waals surface area contributed by atoms with Gasteiger partial charge in [0.1, 0.15) is 5.75 Å². The second-order valence-electron chi connectivity index (χ2n) is 3.47. The molecule has 0 bridgehead atoms. The number of carbonyl (C=O) groups excluding carboxylic acids is 1. The number of rotatable bonds is 6. The molecule has 0 saturated heterocycles. The van der Waals surface area contributed by atoms with Crippen LogP contribution in [0.5, 0.6) is 5.75 Å². The Morgan fingerprint density at radius 1 is 1.47 bits per heavy atom. The van der Waals surface area contributed by atoms with E-state index in [0.717, 1.165) is 0 Å². The van der Waals surface area contributed by atoms with Crippen molar-refractivity contribution in [3.8, 4) is 5.75 Å². The number of benzene rings is 1. The van der Waals surface area contributed by atoms with E-state index in [2.05, 4.69) is 5.32 Å². The molecule has 0 heterocycles. The number of hydrogen-bond donors (Lipinski definition) is 1. The van der Waals surface area contributed by atoms with Crippen molar-refractivity contribution in [2.24, 2.45) is 0 Å². The van der Waals surface area contributed by atoms with Gasteiger partial charge in [-0.1, -0.05) is 23.7 Å². The van der Waals surface area contributed by atoms with Crippen LogP contribution in [0.2, 0.25) is 5.02 Å². The van der Waals surface area contributed by atoms with Crippen molar-refractivity contribution in [1.29, 1.82) is 0 Å². The summed E-state index contributed by atoms with van der Waals surface area (Å²) in [4.78, 5) is 11.6. The van der Waals surface area contributed by atoms with Crippen molar-refractivity contribution in [2.45, 2.75) is 13.0 Å². The lowest BCUT2D eigenvalue weighted by Crippen LogP contribution is -2.37. The molecule has 0 spiro atoms. The molecule has 0 fully saturated rings. The number of amides is 1. The molecule has 1 atom stereocenters. The highest BCUT2D eigenvalue weighted by Gasteiger charge is 2.14. The average molecular weight is 258 g/mol. The first-order valence-corrected chi connectivity index (χ1v) is 5.70. The van der Waals surface area contributed by atoms with Gasteiger partial charge in [-0.15, -0.1) is 0 Å². The quantitative estimate of drug-likeness (QED) is 0.792. The van der Waals surface area contributed by atoms with E-state index >= 15 is 0 Å². The van der Waals surface area contributed by atoms with Crippen molar-refractivity contribution >= 4 is 17.5 Å². The van der Waals surface area contributed by atoms with Crippen molar-refractivity contribution in [1.82, 2.24) is 5.32 Å². The molecule has 0 aliphatic heterocycles. The van der Waals surface area contributed by atoms with Crippen LogP contribution in [-0.2, 0) is 9.53 Å². The first kappa shape index (κ1) is 13.8. The van der Waals surface area contributed by atoms with Gasteiger partial charge in [-0.25, -0.2) is 0 Å². The predicted octanol–water partition coefficient (Wildman–Crippen LogP) is 1.87. The summed E-state index contributed by atoms with van der Waals surface area (Å²) in [6.45, 7) is 2.61. The van der Waals surface area contributed by atoms with Gasteiger partial charge in [0.05, 0.1) is 11.6 Å². The smallest absolute Gasteiger partial charge is 0.260 e. The van der Waals surface area contributed by atoms with Gasteiger partial charge < -0.3 is 14.8 Å². The minimum Gasteiger partial charge on any atom is -0.479 e. The van der Waals surface area contributed by atoms with E-state index in [-0.39, 0.29) is 5.91 Å². The second-order valence-corrected chi connectivity index (χ2v) is 3.88. The fraction of sp³-hybridized carbons (Fsp3) is 0.417. The monoisotopic (exact) mass is 257 g/mol. The third-order valence-electron chi connectivity index (χ3n) is 2.12. The number of methoxy groups -OCH3 is 1. The largest absolute Gasteiger partial charge is 0.479 e. The predicted molar refractivity (Wildman–Crippen MR) is 66.4 cm³/mol. The van der Waals surface area contributed by atoms with Gasteiger partial charge >= 0.3 is 0 Å². The molecule has 1 rings (SSSR count). The first-order chi connectivity index (χ1) is 8.15. The Kier molecular flexibility index (Phi) is 5.80. The van der Waals surface area contributed by atoms with E-state index in [1.165, 1.54) is 0 Å². The molecule has 4 nitrogen and oxygen atoms in total. The Bertz CT molecular complexity index is 371. The first-order valence-electron chi connectivity index (χ1n) is 5.33. The molecule has 0 aliphatic rings. The zero-order valence-electron chi connectivity index (χ0n) is 9.90. The lowest BCUT2D eigenvalue weighted by atomic mass is 10.3. The van der Waals surface area contributed by atoms with Crippen LogP contribution in [0, 0.1) is 0 Å². The lowest BCUT2D eigenvalue weighted by molar-refractivity contribution is -0.127. The van der Waals surface area contributed by atoms with Crippen LogP contribution in [0.4, 0.5) is 0 Å². The molecular formula is C12H16ClNO3. The summed E-state index contributed by atoms with van der Waals surface area (Å²) >= 11 is 5.92. The fourth-order valence-corrected chi connectivity index (χ4v) is 1.38. The Hall–Kier alpha value is -1.26. The molecule has 17 heavy (non-hydrogen) atoms. The molecule has 0 unspecified atom stereocenters. The molecule has 5 heteroatoms. The van der Waals surface area contributed by atoms with Gasteiger partial charge in [-0.2, -0.15) is 0 Å². The molecule has 0 aromatic heterocycles. The van der Waals surface area contributed by atoms with E-state index in [1.807, 2.05) is 0 Å². The third-order valence-corrected chi connectivity index (χ3v) is 2.43. The highest BCUT2D eigenvalue weighted by atomic mass is 35.5. The van der Waals surface area contributed by atoms with Crippen molar-refractivity contribution < 1.29 is 14.3 Å². The maximum Gasteiger partial charge on any atom is 0.260 e. The van der Waals surface area contributed by atoms with Gasteiger partial charge in [0.25, 0.3) is 5.91 Å². The highest BCUT2D eigenvalue weighted by Crippen LogP contribution is 2.24. The fourth-order valence-electron chi connectivity index (χ4n) is 1.20. The van der Waals surface area contributed by atoms with Crippen molar-refractivity contribution in [3.63, 3.8) is 0 Å². The summed E-state index contributed by atoms with van der Waals surface area (Å²) in [5.74, 6) is 0.311. The molecule has 0 radical (unpaired) electrons. The van der Waals surface area contributed by atoms with Crippen molar-refractivity contribution in [2.75, 3.05) is 20.3 Å². The third kappa shape index (κ3) is 4.63. The summed E-state index contributed by atoms with van der Waals surface area (Å²) in [7, 11) is 1.58. The van der Waals surface area contributed by atoms with Crippen LogP contribution in [0.15, 0.2) is 24.3 Å². The van der Waals surface area contributed by atoms with Gasteiger partial charge in [0.2, 0.25) is 0 Å². The standard InChI is InChI=1S/C12H16ClNO3/c1-9(12(15)14-7-8-16-2)17-11-6-4-3-5-10(11)13/h3-6,9H,7-8H2,1-2H3,(H,14,15)/t9-/m0/s1. The summed E-state index contributed by atoms with van der Waals surface area (Å²) < 4.78 is 10.3. The summed E-state index contributed by atoms with van der Waals surface area (Å²) in [6, 6.07) is 7.04. The van der Waals surface area contributed by atoms with Gasteiger partial charge in [0, 0.05) is 13.7 Å². The van der Waals surface area contributed by atoms with Crippen LogP contribution in [0.25, 0.3) is 0 Å². The minimum atomic E-state index is -0.591. The van der Waals surface area contributed by atoms with E-state index in [9.17, 15) is 4.79 Å². The Morgan fingerprint density at radius 2 is 2.18 bits per heavy atom. The average Bonchev–Trinajstić information content (AvgIpc) is 2.32. The Balaban J connectivity index is 2.46.